The minimum Gasteiger partial charge on any atom is -0.496 e. The third-order valence-corrected chi connectivity index (χ3v) is 6.11. The molecule has 24 heavy (non-hydrogen) atoms. The number of sulfonamides is 1. The lowest BCUT2D eigenvalue weighted by molar-refractivity contribution is -0.787. The molecule has 0 spiro atoms. The van der Waals surface area contributed by atoms with Gasteiger partial charge < -0.3 is 10.1 Å². The van der Waals surface area contributed by atoms with E-state index in [0.29, 0.717) is 4.90 Å². The van der Waals surface area contributed by atoms with Gasteiger partial charge >= 0.3 is 0 Å². The number of rotatable bonds is 5. The van der Waals surface area contributed by atoms with E-state index in [1.807, 2.05) is 6.92 Å². The Morgan fingerprint density at radius 2 is 1.79 bits per heavy atom. The van der Waals surface area contributed by atoms with Crippen LogP contribution in [0.4, 0.5) is 0 Å². The molecule has 5 nitrogen and oxygen atoms in total. The number of nitrogens with one attached hydrogen (secondary N) is 1. The summed E-state index contributed by atoms with van der Waals surface area (Å²) in [5.74, 6) is 0.728. The van der Waals surface area contributed by atoms with Crippen molar-refractivity contribution in [1.29, 1.82) is 0 Å². The lowest BCUT2D eigenvalue weighted by atomic mass is 9.80. The molecule has 0 atom stereocenters. The molecule has 1 fully saturated rings. The second kappa shape index (κ2) is 6.65. The Bertz CT molecular complexity index is 680. The van der Waals surface area contributed by atoms with Crippen LogP contribution in [0.2, 0.25) is 0 Å². The number of benzene rings is 1. The Morgan fingerprint density at radius 1 is 1.21 bits per heavy atom. The van der Waals surface area contributed by atoms with E-state index in [1.54, 1.807) is 25.3 Å². The first kappa shape index (κ1) is 19.2. The summed E-state index contributed by atoms with van der Waals surface area (Å²) in [4.78, 5) is 0.310. The largest absolute Gasteiger partial charge is 0.496 e. The Labute approximate surface area is 146 Å². The van der Waals surface area contributed by atoms with Crippen LogP contribution in [-0.2, 0) is 16.4 Å². The smallest absolute Gasteiger partial charge is 0.240 e. The van der Waals surface area contributed by atoms with Gasteiger partial charge in [0.25, 0.3) is 0 Å². The van der Waals surface area contributed by atoms with Crippen molar-refractivity contribution in [1.82, 2.24) is 4.72 Å². The van der Waals surface area contributed by atoms with E-state index in [0.717, 1.165) is 30.6 Å². The highest BCUT2D eigenvalue weighted by Gasteiger charge is 2.42. The molecule has 136 valence electrons. The van der Waals surface area contributed by atoms with Gasteiger partial charge in [-0.25, -0.2) is 13.1 Å². The molecule has 2 rings (SSSR count). The highest BCUT2D eigenvalue weighted by atomic mass is 32.2. The number of aryl methyl sites for hydroxylation is 1. The fourth-order valence-corrected chi connectivity index (χ4v) is 5.37. The highest BCUT2D eigenvalue weighted by molar-refractivity contribution is 7.89. The summed E-state index contributed by atoms with van der Waals surface area (Å²) < 4.78 is 33.9. The van der Waals surface area contributed by atoms with Crippen molar-refractivity contribution in [2.75, 3.05) is 7.11 Å². The molecule has 1 aliphatic heterocycles. The summed E-state index contributed by atoms with van der Waals surface area (Å²) >= 11 is 0. The lowest BCUT2D eigenvalue weighted by Gasteiger charge is -2.43. The molecule has 0 bridgehead atoms. The fourth-order valence-electron chi connectivity index (χ4n) is 4.09. The SMILES string of the molecule is CCc1cc(S(=O)(=O)NC2CC(C)(C)[NH2+]C(C)(C)C2)ccc1OC. The van der Waals surface area contributed by atoms with Gasteiger partial charge in [0, 0.05) is 18.9 Å². The number of ether oxygens (including phenoxy) is 1. The van der Waals surface area contributed by atoms with E-state index in [4.69, 9.17) is 4.74 Å². The molecule has 1 aliphatic rings. The zero-order valence-electron chi connectivity index (χ0n) is 15.6. The van der Waals surface area contributed by atoms with Gasteiger partial charge in [0.2, 0.25) is 10.0 Å². The van der Waals surface area contributed by atoms with Gasteiger partial charge in [-0.2, -0.15) is 0 Å². The number of hydrogen-bond donors (Lipinski definition) is 2. The van der Waals surface area contributed by atoms with E-state index in [9.17, 15) is 8.42 Å². The van der Waals surface area contributed by atoms with Crippen molar-refractivity contribution in [2.45, 2.75) is 75.9 Å². The maximum atomic E-state index is 12.8. The molecular weight excluding hydrogens is 324 g/mol. The van der Waals surface area contributed by atoms with Crippen molar-refractivity contribution in [3.05, 3.63) is 23.8 Å². The Hall–Kier alpha value is -1.11. The first-order valence-electron chi connectivity index (χ1n) is 8.54. The minimum atomic E-state index is -3.54. The predicted molar refractivity (Wildman–Crippen MR) is 95.8 cm³/mol. The van der Waals surface area contributed by atoms with Crippen molar-refractivity contribution >= 4 is 10.0 Å². The van der Waals surface area contributed by atoms with Crippen LogP contribution < -0.4 is 14.8 Å². The van der Waals surface area contributed by atoms with Crippen LogP contribution in [0.3, 0.4) is 0 Å². The van der Waals surface area contributed by atoms with Gasteiger partial charge in [0.15, 0.2) is 0 Å². The van der Waals surface area contributed by atoms with E-state index in [-0.39, 0.29) is 17.1 Å². The third kappa shape index (κ3) is 4.49. The van der Waals surface area contributed by atoms with Crippen molar-refractivity contribution in [3.63, 3.8) is 0 Å². The fraction of sp³-hybridized carbons (Fsp3) is 0.667. The first-order chi connectivity index (χ1) is 11.0. The average molecular weight is 356 g/mol. The minimum absolute atomic E-state index is 0.0173. The zero-order valence-corrected chi connectivity index (χ0v) is 16.5. The van der Waals surface area contributed by atoms with Gasteiger partial charge in [0.1, 0.15) is 5.75 Å². The Morgan fingerprint density at radius 3 is 2.29 bits per heavy atom. The molecule has 0 amide bonds. The molecule has 1 heterocycles. The van der Waals surface area contributed by atoms with Crippen LogP contribution >= 0.6 is 0 Å². The van der Waals surface area contributed by atoms with Gasteiger partial charge in [0.05, 0.1) is 23.1 Å². The highest BCUT2D eigenvalue weighted by Crippen LogP contribution is 2.26. The normalized spacial score (nSPS) is 20.8. The average Bonchev–Trinajstić information content (AvgIpc) is 2.42. The second-order valence-corrected chi connectivity index (χ2v) is 9.89. The quantitative estimate of drug-likeness (QED) is 0.846. The van der Waals surface area contributed by atoms with Crippen LogP contribution in [0.15, 0.2) is 23.1 Å². The van der Waals surface area contributed by atoms with Crippen LogP contribution in [0.1, 0.15) is 53.0 Å². The van der Waals surface area contributed by atoms with E-state index >= 15 is 0 Å². The summed E-state index contributed by atoms with van der Waals surface area (Å²) in [6, 6.07) is 5.01. The third-order valence-electron chi connectivity index (χ3n) is 4.59. The summed E-state index contributed by atoms with van der Waals surface area (Å²) in [6.45, 7) is 10.6. The van der Waals surface area contributed by atoms with Crippen molar-refractivity contribution < 1.29 is 18.5 Å². The summed E-state index contributed by atoms with van der Waals surface area (Å²) in [7, 11) is -1.94. The van der Waals surface area contributed by atoms with Crippen LogP contribution in [0.5, 0.6) is 5.75 Å². The summed E-state index contributed by atoms with van der Waals surface area (Å²) in [5.41, 5.74) is 0.936. The predicted octanol–water partition coefficient (Wildman–Crippen LogP) is 1.82. The van der Waals surface area contributed by atoms with E-state index in [1.165, 1.54) is 0 Å². The molecule has 0 radical (unpaired) electrons. The van der Waals surface area contributed by atoms with Crippen molar-refractivity contribution in [2.24, 2.45) is 0 Å². The van der Waals surface area contributed by atoms with Crippen LogP contribution in [-0.4, -0.2) is 32.6 Å². The molecule has 0 aliphatic carbocycles. The maximum Gasteiger partial charge on any atom is 0.240 e. The van der Waals surface area contributed by atoms with Crippen LogP contribution in [0, 0.1) is 0 Å². The number of quaternary nitrogens is 1. The van der Waals surface area contributed by atoms with E-state index in [2.05, 4.69) is 37.7 Å². The van der Waals surface area contributed by atoms with Crippen LogP contribution in [0.25, 0.3) is 0 Å². The number of methoxy groups -OCH3 is 1. The number of hydrogen-bond acceptors (Lipinski definition) is 3. The standard InChI is InChI=1S/C18H30N2O3S/c1-7-13-10-15(8-9-16(13)23-6)24(21,22)19-14-11-17(2,3)20-18(4,5)12-14/h8-10,14,19-20H,7,11-12H2,1-6H3/p+1. The molecule has 1 saturated heterocycles. The second-order valence-electron chi connectivity index (χ2n) is 8.18. The van der Waals surface area contributed by atoms with Crippen molar-refractivity contribution in [3.8, 4) is 5.75 Å². The molecule has 0 saturated carbocycles. The molecule has 1 aromatic carbocycles. The Balaban J connectivity index is 2.25. The topological polar surface area (TPSA) is 72.0 Å². The number of piperidine rings is 1. The maximum absolute atomic E-state index is 12.8. The molecule has 3 N–H and O–H groups in total. The molecule has 6 heteroatoms. The lowest BCUT2D eigenvalue weighted by Crippen LogP contribution is -3.06. The molecule has 1 aromatic rings. The summed E-state index contributed by atoms with van der Waals surface area (Å²) in [5, 5.41) is 2.34. The van der Waals surface area contributed by atoms with E-state index < -0.39 is 10.0 Å². The Kier molecular flexibility index (Phi) is 5.33. The summed E-state index contributed by atoms with van der Waals surface area (Å²) in [6.07, 6.45) is 2.35. The molecular formula is C18H31N2O3S+. The molecule has 0 unspecified atom stereocenters. The molecule has 0 aromatic heterocycles. The zero-order chi connectivity index (χ0) is 18.2. The monoisotopic (exact) mass is 355 g/mol. The first-order valence-corrected chi connectivity index (χ1v) is 10.0. The van der Waals surface area contributed by atoms with Gasteiger partial charge in [-0.15, -0.1) is 0 Å². The van der Waals surface area contributed by atoms with Gasteiger partial charge in [-0.3, -0.25) is 0 Å². The number of nitrogens with two attached hydrogens (primary N) is 1. The van der Waals surface area contributed by atoms with Gasteiger partial charge in [-0.05, 0) is 57.9 Å². The van der Waals surface area contributed by atoms with Gasteiger partial charge in [-0.1, -0.05) is 6.92 Å².